The molecule has 2 aromatic carbocycles. The first-order chi connectivity index (χ1) is 13.2. The zero-order valence-corrected chi connectivity index (χ0v) is 15.2. The summed E-state index contributed by atoms with van der Waals surface area (Å²) in [6.07, 6.45) is 1.71. The van der Waals surface area contributed by atoms with E-state index in [0.29, 0.717) is 0 Å². The molecule has 0 radical (unpaired) electrons. The molecule has 2 aromatic rings. The van der Waals surface area contributed by atoms with Crippen LogP contribution in [0.15, 0.2) is 64.8 Å². The van der Waals surface area contributed by atoms with Crippen LogP contribution >= 0.6 is 0 Å². The van der Waals surface area contributed by atoms with Gasteiger partial charge in [-0.3, -0.25) is 14.7 Å². The van der Waals surface area contributed by atoms with Crippen LogP contribution in [0.25, 0.3) is 0 Å². The van der Waals surface area contributed by atoms with Gasteiger partial charge in [0.2, 0.25) is 0 Å². The topological polar surface area (TPSA) is 54.7 Å². The molecule has 4 heterocycles. The monoisotopic (exact) mass is 361 g/mol. The van der Waals surface area contributed by atoms with Gasteiger partial charge in [-0.15, -0.1) is 0 Å². The van der Waals surface area contributed by atoms with Crippen LogP contribution < -0.4 is 0 Å². The van der Waals surface area contributed by atoms with Gasteiger partial charge in [-0.25, -0.2) is 0 Å². The van der Waals surface area contributed by atoms with Gasteiger partial charge in [-0.05, 0) is 23.3 Å². The predicted molar refractivity (Wildman–Crippen MR) is 106 cm³/mol. The molecule has 6 nitrogen and oxygen atoms in total. The van der Waals surface area contributed by atoms with Crippen LogP contribution in [-0.4, -0.2) is 71.4 Å². The largest absolute Gasteiger partial charge is 0.508 e. The number of rotatable bonds is 4. The third-order valence-electron chi connectivity index (χ3n) is 5.56. The second-order valence-corrected chi connectivity index (χ2v) is 7.85. The summed E-state index contributed by atoms with van der Waals surface area (Å²) in [7, 11) is 0. The highest BCUT2D eigenvalue weighted by Crippen LogP contribution is 2.38. The summed E-state index contributed by atoms with van der Waals surface area (Å²) in [5.41, 5.74) is 3.01. The summed E-state index contributed by atoms with van der Waals surface area (Å²) in [5.74, 6) is 0.237. The van der Waals surface area contributed by atoms with E-state index in [-0.39, 0.29) is 11.2 Å². The lowest BCUT2D eigenvalue weighted by Crippen LogP contribution is -2.74. The van der Waals surface area contributed by atoms with Crippen LogP contribution in [0.3, 0.4) is 0 Å². The fraction of sp³-hybridized carbons (Fsp3) is 0.333. The number of phenolic OH excluding ortho intramolecular Hbond substituents is 1. The van der Waals surface area contributed by atoms with Gasteiger partial charge < -0.3 is 5.11 Å². The lowest BCUT2D eigenvalue weighted by Gasteiger charge is -2.60. The molecule has 1 N–H and O–H groups in total. The Morgan fingerprint density at radius 2 is 1.56 bits per heavy atom. The second kappa shape index (κ2) is 6.56. The smallest absolute Gasteiger partial charge is 0.116 e. The molecule has 6 heteroatoms. The van der Waals surface area contributed by atoms with Gasteiger partial charge in [0.05, 0.1) is 37.3 Å². The van der Waals surface area contributed by atoms with E-state index >= 15 is 0 Å². The molecule has 4 aliphatic rings. The summed E-state index contributed by atoms with van der Waals surface area (Å²) in [5, 5.41) is 18.8. The van der Waals surface area contributed by atoms with Gasteiger partial charge in [0.1, 0.15) is 5.75 Å². The number of hydrogen-bond donors (Lipinski definition) is 1. The minimum atomic E-state index is -0.0216. The van der Waals surface area contributed by atoms with Crippen molar-refractivity contribution in [2.75, 3.05) is 39.6 Å². The van der Waals surface area contributed by atoms with Crippen molar-refractivity contribution in [3.8, 4) is 5.75 Å². The first-order valence-corrected chi connectivity index (χ1v) is 9.33. The van der Waals surface area contributed by atoms with Crippen molar-refractivity contribution in [2.45, 2.75) is 0 Å². The number of benzene rings is 2. The zero-order valence-electron chi connectivity index (χ0n) is 15.2. The highest BCUT2D eigenvalue weighted by Gasteiger charge is 2.51. The van der Waals surface area contributed by atoms with Crippen LogP contribution in [0, 0.1) is 5.41 Å². The highest BCUT2D eigenvalue weighted by molar-refractivity contribution is 6.05. The first kappa shape index (κ1) is 16.6. The summed E-state index contributed by atoms with van der Waals surface area (Å²) < 4.78 is 0. The van der Waals surface area contributed by atoms with Crippen LogP contribution in [0.2, 0.25) is 0 Å². The van der Waals surface area contributed by atoms with E-state index in [1.165, 1.54) is 0 Å². The van der Waals surface area contributed by atoms with Crippen molar-refractivity contribution in [1.29, 1.82) is 0 Å². The molecule has 4 saturated heterocycles. The Hall–Kier alpha value is -2.54. The summed E-state index contributed by atoms with van der Waals surface area (Å²) in [6, 6.07) is 17.5. The molecular formula is C21H23N5O. The summed E-state index contributed by atoms with van der Waals surface area (Å²) in [6.45, 7) is 6.22. The lowest BCUT2D eigenvalue weighted by atomic mass is 9.74. The van der Waals surface area contributed by atoms with Crippen molar-refractivity contribution in [3.05, 3.63) is 65.7 Å². The SMILES string of the molecule is Oc1cccc(/C=N/N=C(/c2ccccc2)C23CN4CN(CN(C4)C2)C3)c1. The predicted octanol–water partition coefficient (Wildman–Crippen LogP) is 2.02. The number of phenols is 1. The second-order valence-electron chi connectivity index (χ2n) is 7.85. The number of nitrogens with zero attached hydrogens (tertiary/aromatic N) is 5. The van der Waals surface area contributed by atoms with Gasteiger partial charge in [0, 0.05) is 19.6 Å². The zero-order chi connectivity index (χ0) is 18.3. The average molecular weight is 361 g/mol. The molecule has 0 aromatic heterocycles. The summed E-state index contributed by atoms with van der Waals surface area (Å²) in [4.78, 5) is 7.48. The van der Waals surface area contributed by atoms with Crippen molar-refractivity contribution >= 4 is 11.9 Å². The maximum atomic E-state index is 9.64. The molecule has 0 unspecified atom stereocenters. The van der Waals surface area contributed by atoms with Crippen molar-refractivity contribution in [2.24, 2.45) is 15.6 Å². The normalized spacial score (nSPS) is 32.3. The fourth-order valence-electron chi connectivity index (χ4n) is 4.77. The maximum absolute atomic E-state index is 9.64. The average Bonchev–Trinajstić information content (AvgIpc) is 2.65. The quantitative estimate of drug-likeness (QED) is 0.669. The van der Waals surface area contributed by atoms with E-state index in [1.807, 2.05) is 18.2 Å². The molecule has 0 atom stereocenters. The maximum Gasteiger partial charge on any atom is 0.116 e. The highest BCUT2D eigenvalue weighted by atomic mass is 16.3. The third kappa shape index (κ3) is 3.16. The fourth-order valence-corrected chi connectivity index (χ4v) is 4.77. The molecule has 27 heavy (non-hydrogen) atoms. The van der Waals surface area contributed by atoms with Crippen molar-refractivity contribution < 1.29 is 5.11 Å². The van der Waals surface area contributed by atoms with Crippen molar-refractivity contribution in [1.82, 2.24) is 14.7 Å². The van der Waals surface area contributed by atoms with Crippen LogP contribution in [0.1, 0.15) is 11.1 Å². The van der Waals surface area contributed by atoms with E-state index < -0.39 is 0 Å². The molecule has 138 valence electrons. The Labute approximate surface area is 159 Å². The third-order valence-corrected chi connectivity index (χ3v) is 5.56. The Kier molecular flexibility index (Phi) is 4.04. The molecule has 4 fully saturated rings. The number of hydrogen-bond acceptors (Lipinski definition) is 6. The Bertz CT molecular complexity index is 857. The van der Waals surface area contributed by atoms with Crippen LogP contribution in [0.4, 0.5) is 0 Å². The van der Waals surface area contributed by atoms with Crippen LogP contribution in [0.5, 0.6) is 5.75 Å². The van der Waals surface area contributed by atoms with Gasteiger partial charge in [0.25, 0.3) is 0 Å². The molecule has 0 amide bonds. The van der Waals surface area contributed by atoms with Gasteiger partial charge in [-0.2, -0.15) is 10.2 Å². The van der Waals surface area contributed by atoms with Gasteiger partial charge in [-0.1, -0.05) is 42.5 Å². The minimum absolute atomic E-state index is 0.0216. The lowest BCUT2D eigenvalue weighted by molar-refractivity contribution is -0.149. The first-order valence-electron chi connectivity index (χ1n) is 9.33. The molecule has 0 saturated carbocycles. The van der Waals surface area contributed by atoms with E-state index in [4.69, 9.17) is 5.10 Å². The molecule has 4 aliphatic heterocycles. The van der Waals surface area contributed by atoms with Crippen LogP contribution in [-0.2, 0) is 0 Å². The molecule has 0 spiro atoms. The Morgan fingerprint density at radius 1 is 0.889 bits per heavy atom. The standard InChI is InChI=1S/C21H23N5O/c27-19-8-4-5-17(9-19)10-22-23-20(18-6-2-1-3-7-18)21-11-24-14-25(12-21)16-26(13-21)15-24/h1-10,27H,11-16H2/b22-10+,23-20-. The molecule has 6 rings (SSSR count). The Balaban J connectivity index is 1.52. The van der Waals surface area contributed by atoms with E-state index in [9.17, 15) is 5.11 Å². The van der Waals surface area contributed by atoms with Crippen molar-refractivity contribution in [3.63, 3.8) is 0 Å². The molecular weight excluding hydrogens is 338 g/mol. The van der Waals surface area contributed by atoms with E-state index in [2.05, 4.69) is 44.1 Å². The molecule has 4 bridgehead atoms. The van der Waals surface area contributed by atoms with E-state index in [1.54, 1.807) is 18.3 Å². The van der Waals surface area contributed by atoms with E-state index in [0.717, 1.165) is 56.5 Å². The summed E-state index contributed by atoms with van der Waals surface area (Å²) >= 11 is 0. The number of aromatic hydroxyl groups is 1. The Morgan fingerprint density at radius 3 is 2.19 bits per heavy atom. The van der Waals surface area contributed by atoms with Gasteiger partial charge in [0.15, 0.2) is 0 Å². The van der Waals surface area contributed by atoms with Gasteiger partial charge >= 0.3 is 0 Å². The molecule has 0 aliphatic carbocycles. The minimum Gasteiger partial charge on any atom is -0.508 e.